The summed E-state index contributed by atoms with van der Waals surface area (Å²) < 4.78 is 25.4. The van der Waals surface area contributed by atoms with E-state index in [0.717, 1.165) is 51.6 Å². The van der Waals surface area contributed by atoms with Crippen molar-refractivity contribution >= 4 is 11.9 Å². The molecule has 6 rings (SSSR count). The Bertz CT molecular complexity index is 925. The topological polar surface area (TPSA) is 71.1 Å². The maximum Gasteiger partial charge on any atom is 0.302 e. The third-order valence-electron chi connectivity index (χ3n) is 12.6. The van der Waals surface area contributed by atoms with Gasteiger partial charge in [-0.3, -0.25) is 9.59 Å². The van der Waals surface area contributed by atoms with Gasteiger partial charge in [-0.2, -0.15) is 0 Å². The Hall–Kier alpha value is -1.14. The van der Waals surface area contributed by atoms with Crippen LogP contribution in [0.4, 0.5) is 0 Å². The molecule has 6 fully saturated rings. The fraction of sp³-hybridized carbons (Fsp3) is 0.935. The highest BCUT2D eigenvalue weighted by Crippen LogP contribution is 2.71. The monoisotopic (exact) mass is 516 g/mol. The van der Waals surface area contributed by atoms with Crippen molar-refractivity contribution in [1.82, 2.24) is 0 Å². The van der Waals surface area contributed by atoms with Crippen LogP contribution in [0.15, 0.2) is 0 Å². The number of carbonyl (C=O) groups is 2. The van der Waals surface area contributed by atoms with Crippen LogP contribution in [0, 0.1) is 52.3 Å². The van der Waals surface area contributed by atoms with E-state index in [1.54, 1.807) is 6.92 Å². The first-order valence-corrected chi connectivity index (χ1v) is 15.1. The second-order valence-electron chi connectivity index (χ2n) is 14.3. The summed E-state index contributed by atoms with van der Waals surface area (Å²) in [6.45, 7) is 13.4. The molecule has 2 aliphatic heterocycles. The highest BCUT2D eigenvalue weighted by Gasteiger charge is 2.72. The molecule has 2 saturated heterocycles. The van der Waals surface area contributed by atoms with Crippen molar-refractivity contribution in [3.63, 3.8) is 0 Å². The maximum absolute atomic E-state index is 12.5. The summed E-state index contributed by atoms with van der Waals surface area (Å²) in [6.07, 6.45) is 9.70. The van der Waals surface area contributed by atoms with Crippen LogP contribution in [0.5, 0.6) is 0 Å². The molecule has 0 bridgehead atoms. The van der Waals surface area contributed by atoms with Crippen molar-refractivity contribution in [3.8, 4) is 0 Å². The zero-order valence-electron chi connectivity index (χ0n) is 23.8. The van der Waals surface area contributed by atoms with E-state index in [4.69, 9.17) is 18.9 Å². The maximum atomic E-state index is 12.5. The predicted octanol–water partition coefficient (Wildman–Crippen LogP) is 5.91. The first kappa shape index (κ1) is 26.1. The van der Waals surface area contributed by atoms with Gasteiger partial charge in [-0.1, -0.05) is 27.7 Å². The first-order valence-electron chi connectivity index (χ1n) is 15.1. The van der Waals surface area contributed by atoms with Gasteiger partial charge >= 0.3 is 11.9 Å². The number of hydrogen-bond acceptors (Lipinski definition) is 6. The lowest BCUT2D eigenvalue weighted by Crippen LogP contribution is -2.60. The minimum absolute atomic E-state index is 0.0553. The fourth-order valence-corrected chi connectivity index (χ4v) is 10.9. The smallest absolute Gasteiger partial charge is 0.302 e. The first-order chi connectivity index (χ1) is 17.5. The highest BCUT2D eigenvalue weighted by atomic mass is 16.7. The predicted molar refractivity (Wildman–Crippen MR) is 138 cm³/mol. The van der Waals surface area contributed by atoms with Crippen LogP contribution < -0.4 is 0 Å². The Kier molecular flexibility index (Phi) is 6.31. The molecule has 37 heavy (non-hydrogen) atoms. The number of rotatable bonds is 2. The van der Waals surface area contributed by atoms with Gasteiger partial charge in [0.2, 0.25) is 0 Å². The number of esters is 2. The lowest BCUT2D eigenvalue weighted by Gasteiger charge is -2.62. The molecule has 6 aliphatic rings. The van der Waals surface area contributed by atoms with Crippen molar-refractivity contribution in [1.29, 1.82) is 0 Å². The third-order valence-corrected chi connectivity index (χ3v) is 12.6. The van der Waals surface area contributed by atoms with Crippen molar-refractivity contribution < 1.29 is 28.5 Å². The van der Waals surface area contributed by atoms with Gasteiger partial charge in [0, 0.05) is 37.5 Å². The lowest BCUT2D eigenvalue weighted by molar-refractivity contribution is -0.274. The van der Waals surface area contributed by atoms with Gasteiger partial charge in [-0.05, 0) is 86.4 Å². The average molecular weight is 517 g/mol. The van der Waals surface area contributed by atoms with Gasteiger partial charge in [0.25, 0.3) is 0 Å². The Labute approximate surface area is 222 Å². The highest BCUT2D eigenvalue weighted by molar-refractivity contribution is 5.66. The lowest BCUT2D eigenvalue weighted by atomic mass is 9.43. The molecule has 4 saturated carbocycles. The quantitative estimate of drug-likeness (QED) is 0.425. The normalized spacial score (nSPS) is 54.5. The molecule has 4 aliphatic carbocycles. The van der Waals surface area contributed by atoms with Crippen LogP contribution in [-0.4, -0.2) is 42.6 Å². The van der Waals surface area contributed by atoms with Crippen molar-refractivity contribution in [2.75, 3.05) is 6.61 Å². The molecule has 0 aromatic rings. The molecular formula is C31H48O6. The SMILES string of the molecule is CC(=O)O[C@@H]1CC[C@@]2(C)[C@@H](CC[C@@H]3[C@H]2C[C@H](OC(C)=O)[C@@]2(C)[C@H]4[C@H](C[C@H]32)O[C@]2(CC[C@H](C)CO2)[C@H]4C)C1. The van der Waals surface area contributed by atoms with Crippen LogP contribution in [0.1, 0.15) is 99.3 Å². The van der Waals surface area contributed by atoms with E-state index in [0.29, 0.717) is 41.4 Å². The summed E-state index contributed by atoms with van der Waals surface area (Å²) >= 11 is 0. The Balaban J connectivity index is 1.30. The summed E-state index contributed by atoms with van der Waals surface area (Å²) in [4.78, 5) is 24.1. The van der Waals surface area contributed by atoms with E-state index in [-0.39, 0.29) is 41.1 Å². The van der Waals surface area contributed by atoms with Crippen molar-refractivity contribution in [2.45, 2.75) is 123 Å². The number of hydrogen-bond donors (Lipinski definition) is 0. The second kappa shape index (κ2) is 8.94. The zero-order chi connectivity index (χ0) is 26.3. The summed E-state index contributed by atoms with van der Waals surface area (Å²) in [7, 11) is 0. The zero-order valence-corrected chi connectivity index (χ0v) is 23.8. The molecule has 0 unspecified atom stereocenters. The largest absolute Gasteiger partial charge is 0.463 e. The summed E-state index contributed by atoms with van der Waals surface area (Å²) in [5.74, 6) is 2.66. The number of ether oxygens (including phenoxy) is 4. The van der Waals surface area contributed by atoms with Gasteiger partial charge in [0.1, 0.15) is 12.2 Å². The van der Waals surface area contributed by atoms with Crippen LogP contribution >= 0.6 is 0 Å². The van der Waals surface area contributed by atoms with E-state index < -0.39 is 5.79 Å². The molecule has 208 valence electrons. The van der Waals surface area contributed by atoms with E-state index in [1.807, 2.05) is 0 Å². The molecule has 1 spiro atoms. The summed E-state index contributed by atoms with van der Waals surface area (Å²) in [6, 6.07) is 0. The van der Waals surface area contributed by atoms with Crippen LogP contribution in [0.25, 0.3) is 0 Å². The van der Waals surface area contributed by atoms with Crippen LogP contribution in [0.2, 0.25) is 0 Å². The van der Waals surface area contributed by atoms with E-state index in [1.165, 1.54) is 19.8 Å². The molecule has 13 atom stereocenters. The van der Waals surface area contributed by atoms with Gasteiger partial charge < -0.3 is 18.9 Å². The molecule has 0 radical (unpaired) electrons. The third kappa shape index (κ3) is 3.85. The van der Waals surface area contributed by atoms with Gasteiger partial charge in [-0.25, -0.2) is 0 Å². The Morgan fingerprint density at radius 3 is 2.30 bits per heavy atom. The van der Waals surface area contributed by atoms with Gasteiger partial charge in [0.15, 0.2) is 5.79 Å². The van der Waals surface area contributed by atoms with Gasteiger partial charge in [0.05, 0.1) is 12.7 Å². The van der Waals surface area contributed by atoms with E-state index in [9.17, 15) is 9.59 Å². The molecule has 0 amide bonds. The minimum atomic E-state index is -0.466. The molecule has 0 aromatic carbocycles. The standard InChI is InChI=1S/C31H48O6/c1-17-9-12-31(34-16-17)18(2)28-26(37-31)14-25-23-8-7-21-13-22(35-19(3)32)10-11-29(21,5)24(23)15-27(30(25,28)6)36-20(4)33/h17-18,21-28H,7-16H2,1-6H3/t17-,18-,21-,22+,23+,24+,25+,26-,27-,28+,29-,30-,31+/m0/s1. The van der Waals surface area contributed by atoms with Crippen LogP contribution in [-0.2, 0) is 28.5 Å². The molecule has 0 N–H and O–H groups in total. The van der Waals surface area contributed by atoms with E-state index >= 15 is 0 Å². The average Bonchev–Trinajstić information content (AvgIpc) is 3.27. The second-order valence-corrected chi connectivity index (χ2v) is 14.3. The molecule has 6 heteroatoms. The summed E-state index contributed by atoms with van der Waals surface area (Å²) in [5, 5.41) is 0. The summed E-state index contributed by atoms with van der Waals surface area (Å²) in [5.41, 5.74) is 0.109. The molecular weight excluding hydrogens is 468 g/mol. The molecule has 2 heterocycles. The Morgan fingerprint density at radius 2 is 1.62 bits per heavy atom. The van der Waals surface area contributed by atoms with Crippen molar-refractivity contribution in [2.24, 2.45) is 52.3 Å². The fourth-order valence-electron chi connectivity index (χ4n) is 10.9. The van der Waals surface area contributed by atoms with Gasteiger partial charge in [-0.15, -0.1) is 0 Å². The molecule has 6 nitrogen and oxygen atoms in total. The van der Waals surface area contributed by atoms with Crippen molar-refractivity contribution in [3.05, 3.63) is 0 Å². The Morgan fingerprint density at radius 1 is 0.865 bits per heavy atom. The number of fused-ring (bicyclic) bond motifs is 7. The van der Waals surface area contributed by atoms with E-state index in [2.05, 4.69) is 27.7 Å². The van der Waals surface area contributed by atoms with Crippen LogP contribution in [0.3, 0.4) is 0 Å². The number of carbonyl (C=O) groups excluding carboxylic acids is 2. The minimum Gasteiger partial charge on any atom is -0.463 e. The molecule has 0 aromatic heterocycles.